The number of sulfonamides is 1. The molecule has 0 saturated heterocycles. The lowest BCUT2D eigenvalue weighted by Crippen LogP contribution is -2.41. The van der Waals surface area contributed by atoms with Crippen molar-refractivity contribution in [1.82, 2.24) is 10.3 Å². The Labute approximate surface area is 156 Å². The molecule has 1 aliphatic heterocycles. The van der Waals surface area contributed by atoms with Gasteiger partial charge in [0.05, 0.1) is 19.1 Å². The van der Waals surface area contributed by atoms with E-state index >= 15 is 0 Å². The summed E-state index contributed by atoms with van der Waals surface area (Å²) >= 11 is 0. The lowest BCUT2D eigenvalue weighted by molar-refractivity contribution is 0.0944. The van der Waals surface area contributed by atoms with Crippen LogP contribution in [0.15, 0.2) is 41.3 Å². The van der Waals surface area contributed by atoms with E-state index in [2.05, 4.69) is 5.43 Å². The Bertz CT molecular complexity index is 960. The minimum atomic E-state index is -4.01. The normalized spacial score (nSPS) is 13.0. The summed E-state index contributed by atoms with van der Waals surface area (Å²) < 4.78 is 45.8. The fraction of sp³-hybridized carbons (Fsp3) is 0.235. The molecule has 0 unspecified atom stereocenters. The van der Waals surface area contributed by atoms with Crippen molar-refractivity contribution in [3.8, 4) is 23.0 Å². The van der Waals surface area contributed by atoms with E-state index in [0.717, 1.165) is 0 Å². The highest BCUT2D eigenvalue weighted by Crippen LogP contribution is 2.31. The number of carbonyl (C=O) groups is 1. The van der Waals surface area contributed by atoms with Crippen LogP contribution in [0.25, 0.3) is 0 Å². The first-order chi connectivity index (χ1) is 12.9. The first-order valence-electron chi connectivity index (χ1n) is 7.88. The summed E-state index contributed by atoms with van der Waals surface area (Å²) in [4.78, 5) is 14.2. The zero-order chi connectivity index (χ0) is 19.4. The number of hydrogen-bond acceptors (Lipinski definition) is 7. The van der Waals surface area contributed by atoms with Gasteiger partial charge in [0.15, 0.2) is 23.0 Å². The van der Waals surface area contributed by atoms with E-state index in [1.807, 2.05) is 4.83 Å². The molecule has 1 heterocycles. The predicted molar refractivity (Wildman–Crippen MR) is 94.8 cm³/mol. The number of hydrogen-bond donors (Lipinski definition) is 2. The minimum Gasteiger partial charge on any atom is -0.493 e. The van der Waals surface area contributed by atoms with Crippen molar-refractivity contribution in [2.24, 2.45) is 0 Å². The Morgan fingerprint density at radius 2 is 1.67 bits per heavy atom. The van der Waals surface area contributed by atoms with Crippen LogP contribution in [0.2, 0.25) is 0 Å². The zero-order valence-corrected chi connectivity index (χ0v) is 15.5. The van der Waals surface area contributed by atoms with Crippen molar-refractivity contribution in [2.75, 3.05) is 27.4 Å². The van der Waals surface area contributed by atoms with E-state index in [9.17, 15) is 13.2 Å². The maximum absolute atomic E-state index is 12.4. The Morgan fingerprint density at radius 1 is 0.963 bits per heavy atom. The first kappa shape index (κ1) is 18.8. The van der Waals surface area contributed by atoms with E-state index in [0.29, 0.717) is 30.5 Å². The molecule has 2 N–H and O–H groups in total. The second-order valence-electron chi connectivity index (χ2n) is 5.43. The predicted octanol–water partition coefficient (Wildman–Crippen LogP) is 1.10. The quantitative estimate of drug-likeness (QED) is 0.706. The van der Waals surface area contributed by atoms with Crippen LogP contribution < -0.4 is 29.2 Å². The molecule has 9 nitrogen and oxygen atoms in total. The van der Waals surface area contributed by atoms with E-state index in [1.165, 1.54) is 44.6 Å². The maximum atomic E-state index is 12.4. The number of ether oxygens (including phenoxy) is 4. The monoisotopic (exact) mass is 394 g/mol. The molecule has 3 rings (SSSR count). The molecule has 1 amide bonds. The standard InChI is InChI=1S/C17H18N2O7S/c1-23-13-6-4-12(10-15(13)24-2)27(21,22)19-18-17(20)11-3-5-14-16(9-11)26-8-7-25-14/h3-6,9-10,19H,7-8H2,1-2H3,(H,18,20). The lowest BCUT2D eigenvalue weighted by Gasteiger charge is -2.18. The van der Waals surface area contributed by atoms with Gasteiger partial charge in [-0.25, -0.2) is 8.42 Å². The van der Waals surface area contributed by atoms with Crippen LogP contribution in [0, 0.1) is 0 Å². The second kappa shape index (κ2) is 7.72. The van der Waals surface area contributed by atoms with Crippen molar-refractivity contribution in [1.29, 1.82) is 0 Å². The van der Waals surface area contributed by atoms with Gasteiger partial charge in [0.2, 0.25) is 0 Å². The molecule has 0 atom stereocenters. The number of fused-ring (bicyclic) bond motifs is 1. The molecule has 2 aromatic carbocycles. The van der Waals surface area contributed by atoms with Gasteiger partial charge >= 0.3 is 0 Å². The molecule has 144 valence electrons. The van der Waals surface area contributed by atoms with Crippen molar-refractivity contribution < 1.29 is 32.2 Å². The molecule has 1 aliphatic rings. The molecule has 0 bridgehead atoms. The molecular weight excluding hydrogens is 376 g/mol. The van der Waals surface area contributed by atoms with Gasteiger partial charge in [-0.2, -0.15) is 0 Å². The van der Waals surface area contributed by atoms with Crippen LogP contribution in [-0.4, -0.2) is 41.8 Å². The SMILES string of the molecule is COc1ccc(S(=O)(=O)NNC(=O)c2ccc3c(c2)OCCO3)cc1OC. The Balaban J connectivity index is 1.72. The van der Waals surface area contributed by atoms with Gasteiger partial charge in [0.25, 0.3) is 15.9 Å². The highest BCUT2D eigenvalue weighted by Gasteiger charge is 2.20. The second-order valence-corrected chi connectivity index (χ2v) is 7.12. The van der Waals surface area contributed by atoms with E-state index in [-0.39, 0.29) is 16.2 Å². The van der Waals surface area contributed by atoms with Crippen LogP contribution in [-0.2, 0) is 10.0 Å². The van der Waals surface area contributed by atoms with E-state index in [4.69, 9.17) is 18.9 Å². The van der Waals surface area contributed by atoms with Gasteiger partial charge in [-0.1, -0.05) is 0 Å². The molecular formula is C17H18N2O7S. The zero-order valence-electron chi connectivity index (χ0n) is 14.6. The summed E-state index contributed by atoms with van der Waals surface area (Å²) in [7, 11) is -1.18. The summed E-state index contributed by atoms with van der Waals surface area (Å²) in [6.07, 6.45) is 0. The summed E-state index contributed by atoms with van der Waals surface area (Å²) in [6, 6.07) is 8.65. The number of amides is 1. The van der Waals surface area contributed by atoms with Crippen molar-refractivity contribution in [3.05, 3.63) is 42.0 Å². The Morgan fingerprint density at radius 3 is 2.37 bits per heavy atom. The fourth-order valence-corrected chi connectivity index (χ4v) is 3.27. The molecule has 0 saturated carbocycles. The van der Waals surface area contributed by atoms with Crippen molar-refractivity contribution >= 4 is 15.9 Å². The Hall–Kier alpha value is -2.98. The summed E-state index contributed by atoms with van der Waals surface area (Å²) in [6.45, 7) is 0.813. The fourth-order valence-electron chi connectivity index (χ4n) is 2.41. The molecule has 10 heteroatoms. The van der Waals surface area contributed by atoms with Gasteiger partial charge in [-0.05, 0) is 30.3 Å². The topological polar surface area (TPSA) is 112 Å². The van der Waals surface area contributed by atoms with E-state index in [1.54, 1.807) is 6.07 Å². The largest absolute Gasteiger partial charge is 0.493 e. The average Bonchev–Trinajstić information content (AvgIpc) is 2.71. The van der Waals surface area contributed by atoms with Crippen LogP contribution in [0.5, 0.6) is 23.0 Å². The van der Waals surface area contributed by atoms with Crippen molar-refractivity contribution in [3.63, 3.8) is 0 Å². The van der Waals surface area contributed by atoms with Gasteiger partial charge in [-0.3, -0.25) is 10.2 Å². The number of rotatable bonds is 6. The lowest BCUT2D eigenvalue weighted by atomic mass is 10.2. The summed E-state index contributed by atoms with van der Waals surface area (Å²) in [5.41, 5.74) is 2.38. The number of nitrogens with one attached hydrogen (secondary N) is 2. The molecule has 0 radical (unpaired) electrons. The first-order valence-corrected chi connectivity index (χ1v) is 9.37. The van der Waals surface area contributed by atoms with Crippen LogP contribution in [0.1, 0.15) is 10.4 Å². The average molecular weight is 394 g/mol. The Kier molecular flexibility index (Phi) is 5.38. The van der Waals surface area contributed by atoms with E-state index < -0.39 is 15.9 Å². The number of methoxy groups -OCH3 is 2. The summed E-state index contributed by atoms with van der Waals surface area (Å²) in [5.74, 6) is 0.951. The van der Waals surface area contributed by atoms with Crippen LogP contribution >= 0.6 is 0 Å². The van der Waals surface area contributed by atoms with Gasteiger partial charge in [0, 0.05) is 11.6 Å². The maximum Gasteiger partial charge on any atom is 0.266 e. The van der Waals surface area contributed by atoms with Crippen LogP contribution in [0.4, 0.5) is 0 Å². The molecule has 0 fully saturated rings. The molecule has 0 spiro atoms. The third-order valence-electron chi connectivity index (χ3n) is 3.77. The smallest absolute Gasteiger partial charge is 0.266 e. The molecule has 0 aromatic heterocycles. The van der Waals surface area contributed by atoms with Crippen LogP contribution in [0.3, 0.4) is 0 Å². The minimum absolute atomic E-state index is 0.0948. The number of carbonyl (C=O) groups excluding carboxylic acids is 1. The van der Waals surface area contributed by atoms with Gasteiger partial charge < -0.3 is 18.9 Å². The number of hydrazine groups is 1. The highest BCUT2D eigenvalue weighted by atomic mass is 32.2. The van der Waals surface area contributed by atoms with Gasteiger partial charge in [-0.15, -0.1) is 4.83 Å². The highest BCUT2D eigenvalue weighted by molar-refractivity contribution is 7.89. The molecule has 0 aliphatic carbocycles. The summed E-state index contributed by atoms with van der Waals surface area (Å²) in [5, 5.41) is 0. The van der Waals surface area contributed by atoms with Crippen molar-refractivity contribution in [2.45, 2.75) is 4.90 Å². The number of benzene rings is 2. The third kappa shape index (κ3) is 4.07. The molecule has 27 heavy (non-hydrogen) atoms. The molecule has 2 aromatic rings. The van der Waals surface area contributed by atoms with Gasteiger partial charge in [0.1, 0.15) is 13.2 Å². The third-order valence-corrected chi connectivity index (χ3v) is 5.01.